The fourth-order valence-electron chi connectivity index (χ4n) is 4.10. The highest BCUT2D eigenvalue weighted by molar-refractivity contribution is 5.37. The molecule has 1 saturated carbocycles. The van der Waals surface area contributed by atoms with Crippen LogP contribution in [0.4, 0.5) is 0 Å². The molecule has 2 aliphatic carbocycles. The second-order valence-corrected chi connectivity index (χ2v) is 6.59. The fraction of sp³-hybridized carbons (Fsp3) is 0.421. The van der Waals surface area contributed by atoms with Crippen molar-refractivity contribution in [1.82, 2.24) is 4.98 Å². The highest BCUT2D eigenvalue weighted by atomic mass is 14.8. The summed E-state index contributed by atoms with van der Waals surface area (Å²) in [5.41, 5.74) is 11.1. The van der Waals surface area contributed by atoms with Gasteiger partial charge in [0.25, 0.3) is 0 Å². The molecule has 1 aromatic carbocycles. The van der Waals surface area contributed by atoms with E-state index in [1.165, 1.54) is 42.5 Å². The smallest absolute Gasteiger partial charge is 0.0482 e. The van der Waals surface area contributed by atoms with Crippen LogP contribution in [0.15, 0.2) is 48.7 Å². The lowest BCUT2D eigenvalue weighted by molar-refractivity contribution is 0.385. The molecular weight excluding hydrogens is 256 g/mol. The summed E-state index contributed by atoms with van der Waals surface area (Å²) in [4.78, 5) is 4.68. The third-order valence-corrected chi connectivity index (χ3v) is 5.45. The average molecular weight is 278 g/mol. The summed E-state index contributed by atoms with van der Waals surface area (Å²) in [7, 11) is 0. The second-order valence-electron chi connectivity index (χ2n) is 6.59. The van der Waals surface area contributed by atoms with Crippen LogP contribution in [0.1, 0.15) is 48.4 Å². The van der Waals surface area contributed by atoms with E-state index >= 15 is 0 Å². The number of aromatic nitrogens is 1. The molecule has 4 rings (SSSR count). The first-order chi connectivity index (χ1) is 10.3. The minimum Gasteiger partial charge on any atom is -0.326 e. The van der Waals surface area contributed by atoms with E-state index in [2.05, 4.69) is 47.4 Å². The van der Waals surface area contributed by atoms with Gasteiger partial charge >= 0.3 is 0 Å². The molecule has 2 N–H and O–H groups in total. The third-order valence-electron chi connectivity index (χ3n) is 5.45. The molecular formula is C19H22N2. The quantitative estimate of drug-likeness (QED) is 0.932. The molecule has 0 saturated heterocycles. The van der Waals surface area contributed by atoms with E-state index in [-0.39, 0.29) is 11.5 Å². The van der Waals surface area contributed by atoms with Crippen LogP contribution in [0.2, 0.25) is 0 Å². The molecule has 2 unspecified atom stereocenters. The number of fused-ring (bicyclic) bond motifs is 1. The van der Waals surface area contributed by atoms with Crippen LogP contribution in [-0.2, 0) is 11.8 Å². The molecule has 108 valence electrons. The Morgan fingerprint density at radius 3 is 2.67 bits per heavy atom. The van der Waals surface area contributed by atoms with Gasteiger partial charge in [-0.3, -0.25) is 4.98 Å². The lowest BCUT2D eigenvalue weighted by Gasteiger charge is -2.34. The Hall–Kier alpha value is -1.67. The molecule has 2 aromatic rings. The molecule has 2 atom stereocenters. The number of nitrogens with two attached hydrogens (primary N) is 1. The maximum atomic E-state index is 6.80. The monoisotopic (exact) mass is 278 g/mol. The molecule has 2 heteroatoms. The topological polar surface area (TPSA) is 38.9 Å². The van der Waals surface area contributed by atoms with Gasteiger partial charge in [-0.2, -0.15) is 0 Å². The lowest BCUT2D eigenvalue weighted by Crippen LogP contribution is -2.42. The van der Waals surface area contributed by atoms with Crippen molar-refractivity contribution in [2.75, 3.05) is 0 Å². The summed E-state index contributed by atoms with van der Waals surface area (Å²) < 4.78 is 0. The lowest BCUT2D eigenvalue weighted by atomic mass is 9.74. The van der Waals surface area contributed by atoms with E-state index in [9.17, 15) is 0 Å². The van der Waals surface area contributed by atoms with E-state index in [4.69, 9.17) is 5.73 Å². The second kappa shape index (κ2) is 4.96. The molecule has 21 heavy (non-hydrogen) atoms. The van der Waals surface area contributed by atoms with Crippen molar-refractivity contribution in [3.63, 3.8) is 0 Å². The number of aryl methyl sites for hydroxylation is 1. The number of benzene rings is 1. The summed E-state index contributed by atoms with van der Waals surface area (Å²) in [6.07, 6.45) is 7.94. The van der Waals surface area contributed by atoms with Crippen molar-refractivity contribution >= 4 is 0 Å². The van der Waals surface area contributed by atoms with E-state index in [1.807, 2.05) is 6.20 Å². The van der Waals surface area contributed by atoms with Crippen LogP contribution >= 0.6 is 0 Å². The summed E-state index contributed by atoms with van der Waals surface area (Å²) in [6, 6.07) is 15.3. The van der Waals surface area contributed by atoms with Gasteiger partial charge in [-0.15, -0.1) is 0 Å². The molecule has 1 aromatic heterocycles. The van der Waals surface area contributed by atoms with Crippen molar-refractivity contribution in [1.29, 1.82) is 0 Å². The number of hydrogen-bond donors (Lipinski definition) is 1. The van der Waals surface area contributed by atoms with Gasteiger partial charge in [0.1, 0.15) is 0 Å². The Bertz CT molecular complexity index is 631. The highest BCUT2D eigenvalue weighted by Gasteiger charge is 2.52. The predicted octanol–water partition coefficient (Wildman–Crippen LogP) is 3.56. The predicted molar refractivity (Wildman–Crippen MR) is 85.2 cm³/mol. The van der Waals surface area contributed by atoms with E-state index in [0.717, 1.165) is 6.42 Å². The van der Waals surface area contributed by atoms with Gasteiger partial charge < -0.3 is 5.73 Å². The van der Waals surface area contributed by atoms with Crippen molar-refractivity contribution < 1.29 is 0 Å². The number of pyridine rings is 1. The molecule has 0 spiro atoms. The number of rotatable bonds is 3. The molecule has 1 fully saturated rings. The first kappa shape index (κ1) is 13.0. The maximum Gasteiger partial charge on any atom is 0.0482 e. The van der Waals surface area contributed by atoms with E-state index in [0.29, 0.717) is 5.92 Å². The third kappa shape index (κ3) is 2.09. The van der Waals surface area contributed by atoms with Gasteiger partial charge in [0.15, 0.2) is 0 Å². The van der Waals surface area contributed by atoms with Gasteiger partial charge in [0, 0.05) is 29.3 Å². The van der Waals surface area contributed by atoms with Crippen LogP contribution in [0.25, 0.3) is 0 Å². The Labute approximate surface area is 126 Å². The van der Waals surface area contributed by atoms with Crippen molar-refractivity contribution in [3.05, 3.63) is 65.5 Å². The minimum absolute atomic E-state index is 0.189. The van der Waals surface area contributed by atoms with Crippen LogP contribution in [-0.4, -0.2) is 11.0 Å². The highest BCUT2D eigenvalue weighted by Crippen LogP contribution is 2.54. The zero-order valence-electron chi connectivity index (χ0n) is 12.3. The Balaban J connectivity index is 1.69. The van der Waals surface area contributed by atoms with Gasteiger partial charge in [-0.05, 0) is 49.3 Å². The largest absolute Gasteiger partial charge is 0.326 e. The van der Waals surface area contributed by atoms with Gasteiger partial charge in [0.2, 0.25) is 0 Å². The molecule has 2 aliphatic rings. The summed E-state index contributed by atoms with van der Waals surface area (Å²) >= 11 is 0. The standard InChI is InChI=1S/C19H22N2/c20-18(19(11-12-19)15-8-2-1-3-9-15)16-10-4-6-14-7-5-13-21-17(14)16/h1-3,5,7-9,13,16,18H,4,6,10-12,20H2. The van der Waals surface area contributed by atoms with Crippen LogP contribution in [0.5, 0.6) is 0 Å². The first-order valence-corrected chi connectivity index (χ1v) is 8.06. The zero-order chi connectivity index (χ0) is 14.3. The molecule has 2 nitrogen and oxygen atoms in total. The first-order valence-electron chi connectivity index (χ1n) is 8.06. The molecule has 0 aliphatic heterocycles. The number of hydrogen-bond acceptors (Lipinski definition) is 2. The summed E-state index contributed by atoms with van der Waals surface area (Å²) in [5, 5.41) is 0. The fourth-order valence-corrected chi connectivity index (χ4v) is 4.10. The van der Waals surface area contributed by atoms with E-state index < -0.39 is 0 Å². The van der Waals surface area contributed by atoms with Gasteiger partial charge in [-0.1, -0.05) is 36.4 Å². The molecule has 0 radical (unpaired) electrons. The van der Waals surface area contributed by atoms with Crippen molar-refractivity contribution in [2.24, 2.45) is 5.73 Å². The number of nitrogens with zero attached hydrogens (tertiary/aromatic N) is 1. The summed E-state index contributed by atoms with van der Waals surface area (Å²) in [5.74, 6) is 0.414. The SMILES string of the molecule is NC(C1CCCc2cccnc21)C1(c2ccccc2)CC1. The van der Waals surface area contributed by atoms with Crippen LogP contribution in [0, 0.1) is 0 Å². The minimum atomic E-state index is 0.189. The van der Waals surface area contributed by atoms with Gasteiger partial charge in [0.05, 0.1) is 0 Å². The zero-order valence-corrected chi connectivity index (χ0v) is 12.3. The molecule has 0 amide bonds. The Kier molecular flexibility index (Phi) is 3.07. The van der Waals surface area contributed by atoms with Crippen molar-refractivity contribution in [3.8, 4) is 0 Å². The normalized spacial score (nSPS) is 24.1. The molecule has 0 bridgehead atoms. The summed E-state index contributed by atoms with van der Waals surface area (Å²) in [6.45, 7) is 0. The van der Waals surface area contributed by atoms with Crippen molar-refractivity contribution in [2.45, 2.75) is 49.5 Å². The van der Waals surface area contributed by atoms with Crippen LogP contribution < -0.4 is 5.73 Å². The van der Waals surface area contributed by atoms with Crippen LogP contribution in [0.3, 0.4) is 0 Å². The Morgan fingerprint density at radius 1 is 1.10 bits per heavy atom. The maximum absolute atomic E-state index is 6.80. The Morgan fingerprint density at radius 2 is 1.90 bits per heavy atom. The average Bonchev–Trinajstić information content (AvgIpc) is 3.36. The van der Waals surface area contributed by atoms with E-state index in [1.54, 1.807) is 0 Å². The molecule has 1 heterocycles. The van der Waals surface area contributed by atoms with Gasteiger partial charge in [-0.25, -0.2) is 0 Å².